The molecule has 0 radical (unpaired) electrons. The van der Waals surface area contributed by atoms with Crippen molar-refractivity contribution in [3.8, 4) is 0 Å². The van der Waals surface area contributed by atoms with Gasteiger partial charge in [0.05, 0.1) is 0 Å². The lowest BCUT2D eigenvalue weighted by Crippen LogP contribution is -2.50. The van der Waals surface area contributed by atoms with E-state index in [2.05, 4.69) is 28.8 Å². The number of carbonyl (C=O) groups is 1. The Labute approximate surface area is 113 Å². The first-order valence-corrected chi connectivity index (χ1v) is 6.38. The number of anilines is 1. The van der Waals surface area contributed by atoms with E-state index in [1.54, 1.807) is 12.3 Å². The number of hydrogen-bond acceptors (Lipinski definition) is 4. The van der Waals surface area contributed by atoms with E-state index in [4.69, 9.17) is 5.11 Å². The Balaban J connectivity index is 2.08. The van der Waals surface area contributed by atoms with Gasteiger partial charge in [0.2, 0.25) is 0 Å². The molecular formula is C14H19N3O2. The van der Waals surface area contributed by atoms with Gasteiger partial charge in [0.25, 0.3) is 0 Å². The van der Waals surface area contributed by atoms with Crippen molar-refractivity contribution in [1.29, 1.82) is 0 Å². The summed E-state index contributed by atoms with van der Waals surface area (Å²) in [7, 11) is 2.13. The van der Waals surface area contributed by atoms with E-state index in [-0.39, 0.29) is 0 Å². The Hall–Kier alpha value is -1.88. The predicted molar refractivity (Wildman–Crippen MR) is 75.2 cm³/mol. The molecule has 1 fully saturated rings. The van der Waals surface area contributed by atoms with Crippen molar-refractivity contribution < 1.29 is 9.90 Å². The van der Waals surface area contributed by atoms with E-state index in [1.165, 1.54) is 0 Å². The van der Waals surface area contributed by atoms with Crippen molar-refractivity contribution in [3.05, 3.63) is 30.0 Å². The van der Waals surface area contributed by atoms with E-state index < -0.39 is 5.97 Å². The van der Waals surface area contributed by atoms with Crippen LogP contribution in [-0.4, -0.2) is 53.7 Å². The number of rotatable bonds is 3. The molecule has 1 saturated heterocycles. The fourth-order valence-electron chi connectivity index (χ4n) is 2.31. The lowest BCUT2D eigenvalue weighted by atomic mass is 10.2. The van der Waals surface area contributed by atoms with Gasteiger partial charge in [0, 0.05) is 37.9 Å². The number of carboxylic acids is 1. The summed E-state index contributed by atoms with van der Waals surface area (Å²) in [4.78, 5) is 19.5. The Kier molecular flexibility index (Phi) is 4.16. The quantitative estimate of drug-likeness (QED) is 0.832. The molecular weight excluding hydrogens is 242 g/mol. The number of pyridine rings is 1. The van der Waals surface area contributed by atoms with Crippen molar-refractivity contribution in [2.75, 3.05) is 31.6 Å². The normalized spacial score (nSPS) is 20.9. The molecule has 0 aliphatic carbocycles. The standard InChI is InChI=1S/C14H19N3O2/c1-11-10-16(2)7-8-17(11)13-5-3-12(9-15-13)4-6-14(18)19/h3-6,9,11H,7-8,10H2,1-2H3,(H,18,19)/b6-4+. The molecule has 1 atom stereocenters. The van der Waals surface area contributed by atoms with Crippen LogP contribution < -0.4 is 4.90 Å². The van der Waals surface area contributed by atoms with Crippen LogP contribution >= 0.6 is 0 Å². The van der Waals surface area contributed by atoms with Crippen LogP contribution in [0.2, 0.25) is 0 Å². The molecule has 1 aromatic rings. The van der Waals surface area contributed by atoms with E-state index >= 15 is 0 Å². The fourth-order valence-corrected chi connectivity index (χ4v) is 2.31. The molecule has 1 aromatic heterocycles. The maximum absolute atomic E-state index is 10.4. The van der Waals surface area contributed by atoms with Crippen LogP contribution in [0.4, 0.5) is 5.82 Å². The highest BCUT2D eigenvalue weighted by molar-refractivity contribution is 5.85. The van der Waals surface area contributed by atoms with Crippen LogP contribution in [0.3, 0.4) is 0 Å². The zero-order valence-electron chi connectivity index (χ0n) is 11.3. The highest BCUT2D eigenvalue weighted by Gasteiger charge is 2.22. The van der Waals surface area contributed by atoms with Crippen LogP contribution in [0.1, 0.15) is 12.5 Å². The average Bonchev–Trinajstić information content (AvgIpc) is 2.37. The van der Waals surface area contributed by atoms with E-state index in [9.17, 15) is 4.79 Å². The zero-order valence-corrected chi connectivity index (χ0v) is 11.3. The van der Waals surface area contributed by atoms with Crippen LogP contribution in [0.15, 0.2) is 24.4 Å². The summed E-state index contributed by atoms with van der Waals surface area (Å²) in [5.74, 6) is 0.00448. The summed E-state index contributed by atoms with van der Waals surface area (Å²) in [6.07, 6.45) is 4.38. The van der Waals surface area contributed by atoms with E-state index in [0.29, 0.717) is 6.04 Å². The van der Waals surface area contributed by atoms with Crippen LogP contribution in [-0.2, 0) is 4.79 Å². The van der Waals surface area contributed by atoms with Gasteiger partial charge < -0.3 is 14.9 Å². The number of aromatic nitrogens is 1. The smallest absolute Gasteiger partial charge is 0.328 e. The molecule has 1 aliphatic heterocycles. The fraction of sp³-hybridized carbons (Fsp3) is 0.429. The number of piperazine rings is 1. The van der Waals surface area contributed by atoms with Gasteiger partial charge in [-0.3, -0.25) is 0 Å². The van der Waals surface area contributed by atoms with Crippen molar-refractivity contribution >= 4 is 17.9 Å². The summed E-state index contributed by atoms with van der Waals surface area (Å²) in [5, 5.41) is 8.57. The molecule has 0 spiro atoms. The number of carboxylic acid groups (broad SMARTS) is 1. The van der Waals surface area contributed by atoms with Crippen molar-refractivity contribution in [1.82, 2.24) is 9.88 Å². The molecule has 0 aromatic carbocycles. The summed E-state index contributed by atoms with van der Waals surface area (Å²) < 4.78 is 0. The van der Waals surface area contributed by atoms with Gasteiger partial charge in [0.15, 0.2) is 0 Å². The minimum Gasteiger partial charge on any atom is -0.478 e. The monoisotopic (exact) mass is 261 g/mol. The van der Waals surface area contributed by atoms with Crippen molar-refractivity contribution in [2.45, 2.75) is 13.0 Å². The molecule has 5 heteroatoms. The third-order valence-corrected chi connectivity index (χ3v) is 3.31. The van der Waals surface area contributed by atoms with Gasteiger partial charge in [0.1, 0.15) is 5.82 Å². The number of aliphatic carboxylic acids is 1. The highest BCUT2D eigenvalue weighted by Crippen LogP contribution is 2.18. The largest absolute Gasteiger partial charge is 0.478 e. The maximum Gasteiger partial charge on any atom is 0.328 e. The first-order valence-electron chi connectivity index (χ1n) is 6.38. The molecule has 19 heavy (non-hydrogen) atoms. The van der Waals surface area contributed by atoms with Gasteiger partial charge in [-0.25, -0.2) is 9.78 Å². The van der Waals surface area contributed by atoms with Crippen LogP contribution in [0, 0.1) is 0 Å². The first kappa shape index (κ1) is 13.5. The second-order valence-electron chi connectivity index (χ2n) is 4.93. The van der Waals surface area contributed by atoms with Gasteiger partial charge in [-0.2, -0.15) is 0 Å². The first-order chi connectivity index (χ1) is 9.06. The third-order valence-electron chi connectivity index (χ3n) is 3.31. The summed E-state index contributed by atoms with van der Waals surface area (Å²) in [6, 6.07) is 4.28. The molecule has 0 saturated carbocycles. The number of hydrogen-bond donors (Lipinski definition) is 1. The highest BCUT2D eigenvalue weighted by atomic mass is 16.4. The zero-order chi connectivity index (χ0) is 13.8. The lowest BCUT2D eigenvalue weighted by molar-refractivity contribution is -0.131. The lowest BCUT2D eigenvalue weighted by Gasteiger charge is -2.39. The minimum absolute atomic E-state index is 0.437. The van der Waals surface area contributed by atoms with E-state index in [1.807, 2.05) is 12.1 Å². The summed E-state index contributed by atoms with van der Waals surface area (Å²) in [5.41, 5.74) is 0.799. The van der Waals surface area contributed by atoms with E-state index in [0.717, 1.165) is 37.1 Å². The number of likely N-dealkylation sites (N-methyl/N-ethyl adjacent to an activating group) is 1. The Morgan fingerprint density at radius 2 is 2.26 bits per heavy atom. The molecule has 2 rings (SSSR count). The second kappa shape index (κ2) is 5.84. The average molecular weight is 261 g/mol. The van der Waals surface area contributed by atoms with Crippen LogP contribution in [0.5, 0.6) is 0 Å². The Morgan fingerprint density at radius 1 is 1.47 bits per heavy atom. The molecule has 1 unspecified atom stereocenters. The van der Waals surface area contributed by atoms with Crippen molar-refractivity contribution in [3.63, 3.8) is 0 Å². The van der Waals surface area contributed by atoms with Gasteiger partial charge in [-0.1, -0.05) is 0 Å². The van der Waals surface area contributed by atoms with Crippen molar-refractivity contribution in [2.24, 2.45) is 0 Å². The molecule has 5 nitrogen and oxygen atoms in total. The minimum atomic E-state index is -0.947. The molecule has 1 N–H and O–H groups in total. The molecule has 1 aliphatic rings. The van der Waals surface area contributed by atoms with Crippen LogP contribution in [0.25, 0.3) is 6.08 Å². The molecule has 2 heterocycles. The Bertz CT molecular complexity index is 470. The molecule has 102 valence electrons. The molecule has 0 amide bonds. The van der Waals surface area contributed by atoms with Gasteiger partial charge in [-0.15, -0.1) is 0 Å². The summed E-state index contributed by atoms with van der Waals surface area (Å²) in [6.45, 7) is 5.22. The van der Waals surface area contributed by atoms with Gasteiger partial charge in [-0.05, 0) is 37.7 Å². The Morgan fingerprint density at radius 3 is 2.84 bits per heavy atom. The molecule has 0 bridgehead atoms. The maximum atomic E-state index is 10.4. The SMILES string of the molecule is CC1CN(C)CCN1c1ccc(/C=C/C(=O)O)cn1. The summed E-state index contributed by atoms with van der Waals surface area (Å²) >= 11 is 0. The van der Waals surface area contributed by atoms with Gasteiger partial charge >= 0.3 is 5.97 Å². The second-order valence-corrected chi connectivity index (χ2v) is 4.93. The predicted octanol–water partition coefficient (Wildman–Crippen LogP) is 1.32. The third kappa shape index (κ3) is 3.54. The topological polar surface area (TPSA) is 56.7 Å². The number of nitrogens with zero attached hydrogens (tertiary/aromatic N) is 3.